The standard InChI is InChI=1S/C12H18ClFN2/c1-2-7-16(8-6-15)9-10-11(13)4-3-5-12(10)14/h3-5H,2,6-9,15H2,1H3. The smallest absolute Gasteiger partial charge is 0.129 e. The first-order chi connectivity index (χ1) is 7.69. The van der Waals surface area contributed by atoms with Gasteiger partial charge < -0.3 is 5.73 Å². The van der Waals surface area contributed by atoms with Gasteiger partial charge in [-0.05, 0) is 25.1 Å². The quantitative estimate of drug-likeness (QED) is 0.834. The second-order valence-electron chi connectivity index (χ2n) is 3.77. The van der Waals surface area contributed by atoms with Crippen LogP contribution in [0.2, 0.25) is 5.02 Å². The summed E-state index contributed by atoms with van der Waals surface area (Å²) in [5.41, 5.74) is 6.08. The van der Waals surface area contributed by atoms with E-state index < -0.39 is 0 Å². The molecule has 0 aliphatic carbocycles. The van der Waals surface area contributed by atoms with Gasteiger partial charge in [-0.25, -0.2) is 4.39 Å². The molecule has 2 nitrogen and oxygen atoms in total. The van der Waals surface area contributed by atoms with Gasteiger partial charge in [-0.2, -0.15) is 0 Å². The van der Waals surface area contributed by atoms with Crippen LogP contribution >= 0.6 is 11.6 Å². The molecule has 4 heteroatoms. The van der Waals surface area contributed by atoms with E-state index in [9.17, 15) is 4.39 Å². The van der Waals surface area contributed by atoms with Crippen LogP contribution in [0, 0.1) is 5.82 Å². The van der Waals surface area contributed by atoms with Crippen LogP contribution in [0.4, 0.5) is 4.39 Å². The first-order valence-electron chi connectivity index (χ1n) is 5.54. The Labute approximate surface area is 101 Å². The van der Waals surface area contributed by atoms with Gasteiger partial charge in [0.15, 0.2) is 0 Å². The van der Waals surface area contributed by atoms with Crippen molar-refractivity contribution in [2.75, 3.05) is 19.6 Å². The number of hydrogen-bond donors (Lipinski definition) is 1. The summed E-state index contributed by atoms with van der Waals surface area (Å²) in [7, 11) is 0. The summed E-state index contributed by atoms with van der Waals surface area (Å²) in [6, 6.07) is 4.77. The molecule has 90 valence electrons. The lowest BCUT2D eigenvalue weighted by Crippen LogP contribution is -2.30. The van der Waals surface area contributed by atoms with Crippen LogP contribution in [0.3, 0.4) is 0 Å². The minimum atomic E-state index is -0.245. The molecule has 1 aromatic rings. The molecular formula is C12H18ClFN2. The van der Waals surface area contributed by atoms with Crippen molar-refractivity contribution in [3.8, 4) is 0 Å². The van der Waals surface area contributed by atoms with E-state index in [0.29, 0.717) is 23.7 Å². The van der Waals surface area contributed by atoms with Crippen molar-refractivity contribution in [3.05, 3.63) is 34.6 Å². The van der Waals surface area contributed by atoms with Crippen molar-refractivity contribution in [3.63, 3.8) is 0 Å². The van der Waals surface area contributed by atoms with Gasteiger partial charge >= 0.3 is 0 Å². The SMILES string of the molecule is CCCN(CCN)Cc1c(F)cccc1Cl. The molecule has 0 aromatic heterocycles. The predicted octanol–water partition coefficient (Wildman–Crippen LogP) is 2.65. The maximum absolute atomic E-state index is 13.5. The van der Waals surface area contributed by atoms with Crippen LogP contribution < -0.4 is 5.73 Å². The van der Waals surface area contributed by atoms with Gasteiger partial charge in [-0.15, -0.1) is 0 Å². The van der Waals surface area contributed by atoms with Crippen molar-refractivity contribution in [1.29, 1.82) is 0 Å². The van der Waals surface area contributed by atoms with Gasteiger partial charge in [0.2, 0.25) is 0 Å². The maximum atomic E-state index is 13.5. The van der Waals surface area contributed by atoms with Gasteiger partial charge in [0.1, 0.15) is 5.82 Å². The molecule has 0 bridgehead atoms. The third-order valence-corrected chi connectivity index (χ3v) is 2.78. The molecule has 0 aliphatic rings. The molecule has 0 spiro atoms. The second kappa shape index (κ2) is 6.84. The highest BCUT2D eigenvalue weighted by Crippen LogP contribution is 2.20. The third-order valence-electron chi connectivity index (χ3n) is 2.43. The Kier molecular flexibility index (Phi) is 5.74. The van der Waals surface area contributed by atoms with Crippen molar-refractivity contribution in [1.82, 2.24) is 4.90 Å². The number of nitrogens with two attached hydrogens (primary N) is 1. The van der Waals surface area contributed by atoms with Crippen LogP contribution in [-0.2, 0) is 6.54 Å². The highest BCUT2D eigenvalue weighted by molar-refractivity contribution is 6.31. The lowest BCUT2D eigenvalue weighted by Gasteiger charge is -2.21. The first-order valence-corrected chi connectivity index (χ1v) is 5.92. The topological polar surface area (TPSA) is 29.3 Å². The van der Waals surface area contributed by atoms with E-state index in [1.54, 1.807) is 12.1 Å². The predicted molar refractivity (Wildman–Crippen MR) is 66.0 cm³/mol. The molecular weight excluding hydrogens is 227 g/mol. The molecule has 2 N–H and O–H groups in total. The molecule has 0 amide bonds. The average molecular weight is 245 g/mol. The van der Waals surface area contributed by atoms with Crippen molar-refractivity contribution < 1.29 is 4.39 Å². The number of rotatable bonds is 6. The number of nitrogens with zero attached hydrogens (tertiary/aromatic N) is 1. The first kappa shape index (κ1) is 13.4. The van der Waals surface area contributed by atoms with Crippen LogP contribution in [0.1, 0.15) is 18.9 Å². The Morgan fingerprint density at radius 1 is 1.38 bits per heavy atom. The van der Waals surface area contributed by atoms with Gasteiger partial charge in [-0.3, -0.25) is 4.90 Å². The Balaban J connectivity index is 2.76. The monoisotopic (exact) mass is 244 g/mol. The lowest BCUT2D eigenvalue weighted by atomic mass is 10.2. The van der Waals surface area contributed by atoms with E-state index in [0.717, 1.165) is 19.5 Å². The van der Waals surface area contributed by atoms with E-state index in [2.05, 4.69) is 11.8 Å². The summed E-state index contributed by atoms with van der Waals surface area (Å²) in [5.74, 6) is -0.245. The zero-order valence-electron chi connectivity index (χ0n) is 9.55. The van der Waals surface area contributed by atoms with E-state index in [4.69, 9.17) is 17.3 Å². The van der Waals surface area contributed by atoms with E-state index >= 15 is 0 Å². The molecule has 16 heavy (non-hydrogen) atoms. The zero-order valence-corrected chi connectivity index (χ0v) is 10.3. The summed E-state index contributed by atoms with van der Waals surface area (Å²) < 4.78 is 13.5. The van der Waals surface area contributed by atoms with Crippen molar-refractivity contribution >= 4 is 11.6 Å². The molecule has 0 radical (unpaired) electrons. The normalized spacial score (nSPS) is 11.1. The number of benzene rings is 1. The number of halogens is 2. The Morgan fingerprint density at radius 2 is 2.12 bits per heavy atom. The van der Waals surface area contributed by atoms with Crippen LogP contribution in [-0.4, -0.2) is 24.5 Å². The van der Waals surface area contributed by atoms with Crippen LogP contribution in [0.15, 0.2) is 18.2 Å². The van der Waals surface area contributed by atoms with Gasteiger partial charge in [0, 0.05) is 30.2 Å². The molecule has 0 heterocycles. The van der Waals surface area contributed by atoms with E-state index in [1.807, 2.05) is 0 Å². The van der Waals surface area contributed by atoms with Gasteiger partial charge in [0.25, 0.3) is 0 Å². The fourth-order valence-electron chi connectivity index (χ4n) is 1.68. The van der Waals surface area contributed by atoms with Crippen LogP contribution in [0.5, 0.6) is 0 Å². The molecule has 1 aromatic carbocycles. The Bertz CT molecular complexity index is 305. The summed E-state index contributed by atoms with van der Waals surface area (Å²) in [6.45, 7) is 4.86. The summed E-state index contributed by atoms with van der Waals surface area (Å²) >= 11 is 5.98. The molecule has 0 atom stereocenters. The van der Waals surface area contributed by atoms with Crippen molar-refractivity contribution in [2.24, 2.45) is 5.73 Å². The molecule has 0 saturated carbocycles. The van der Waals surface area contributed by atoms with Gasteiger partial charge in [-0.1, -0.05) is 24.6 Å². The highest BCUT2D eigenvalue weighted by atomic mass is 35.5. The third kappa shape index (κ3) is 3.74. The maximum Gasteiger partial charge on any atom is 0.129 e. The average Bonchev–Trinajstić information content (AvgIpc) is 2.24. The van der Waals surface area contributed by atoms with Crippen LogP contribution in [0.25, 0.3) is 0 Å². The number of hydrogen-bond acceptors (Lipinski definition) is 2. The highest BCUT2D eigenvalue weighted by Gasteiger charge is 2.11. The summed E-state index contributed by atoms with van der Waals surface area (Å²) in [4.78, 5) is 2.12. The lowest BCUT2D eigenvalue weighted by molar-refractivity contribution is 0.270. The molecule has 0 fully saturated rings. The minimum absolute atomic E-state index is 0.245. The summed E-state index contributed by atoms with van der Waals surface area (Å²) in [5, 5.41) is 0.484. The molecule has 0 unspecified atom stereocenters. The zero-order chi connectivity index (χ0) is 12.0. The Morgan fingerprint density at radius 3 is 2.69 bits per heavy atom. The fraction of sp³-hybridized carbons (Fsp3) is 0.500. The minimum Gasteiger partial charge on any atom is -0.329 e. The molecule has 1 rings (SSSR count). The van der Waals surface area contributed by atoms with Gasteiger partial charge in [0.05, 0.1) is 0 Å². The van der Waals surface area contributed by atoms with E-state index in [1.165, 1.54) is 6.07 Å². The largest absolute Gasteiger partial charge is 0.329 e. The molecule has 0 aliphatic heterocycles. The van der Waals surface area contributed by atoms with E-state index in [-0.39, 0.29) is 5.82 Å². The fourth-order valence-corrected chi connectivity index (χ4v) is 1.90. The van der Waals surface area contributed by atoms with Crippen molar-refractivity contribution in [2.45, 2.75) is 19.9 Å². The molecule has 0 saturated heterocycles. The second-order valence-corrected chi connectivity index (χ2v) is 4.17. The Hall–Kier alpha value is -0.640. The summed E-state index contributed by atoms with van der Waals surface area (Å²) in [6.07, 6.45) is 1.02.